The van der Waals surface area contributed by atoms with Crippen LogP contribution in [-0.4, -0.2) is 24.3 Å². The maximum Gasteiger partial charge on any atom is 0.307 e. The van der Waals surface area contributed by atoms with Crippen molar-refractivity contribution in [1.82, 2.24) is 0 Å². The molecule has 0 amide bonds. The summed E-state index contributed by atoms with van der Waals surface area (Å²) >= 11 is 0. The number of hydrogen-bond donors (Lipinski definition) is 0. The van der Waals surface area contributed by atoms with Gasteiger partial charge in [-0.05, 0) is 81.6 Å². The predicted molar refractivity (Wildman–Crippen MR) is 162 cm³/mol. The third-order valence-corrected chi connectivity index (χ3v) is 6.56. The Bertz CT molecular complexity index is 814. The first-order chi connectivity index (χ1) is 18.7. The van der Waals surface area contributed by atoms with Crippen molar-refractivity contribution in [2.75, 3.05) is 0 Å². The van der Waals surface area contributed by atoms with Crippen molar-refractivity contribution < 1.29 is 14.3 Å². The molecule has 3 atom stereocenters. The van der Waals surface area contributed by atoms with E-state index >= 15 is 0 Å². The molecule has 0 aliphatic carbocycles. The Balaban J connectivity index is 2.02. The zero-order valence-corrected chi connectivity index (χ0v) is 24.1. The second kappa shape index (κ2) is 24.8. The molecule has 0 spiro atoms. The number of allylic oxidation sites excluding steroid dienone is 5. The van der Waals surface area contributed by atoms with Gasteiger partial charge in [0.25, 0.3) is 0 Å². The molecule has 3 heteroatoms. The molecule has 1 rings (SSSR count). The van der Waals surface area contributed by atoms with Gasteiger partial charge in [-0.3, -0.25) is 4.79 Å². The highest BCUT2D eigenvalue weighted by Gasteiger charge is 2.36. The summed E-state index contributed by atoms with van der Waals surface area (Å²) in [6, 6.07) is 0. The monoisotopic (exact) mass is 520 g/mol. The average Bonchev–Trinajstić information content (AvgIpc) is 3.67. The Kier molecular flexibility index (Phi) is 21.9. The molecule has 0 bridgehead atoms. The summed E-state index contributed by atoms with van der Waals surface area (Å²) in [6.07, 6.45) is 32.4. The van der Waals surface area contributed by atoms with Crippen LogP contribution in [0.25, 0.3) is 0 Å². The summed E-state index contributed by atoms with van der Waals surface area (Å²) in [7, 11) is 0. The summed E-state index contributed by atoms with van der Waals surface area (Å²) in [5.74, 6) is 11.4. The van der Waals surface area contributed by atoms with Gasteiger partial charge in [-0.15, -0.1) is 6.58 Å². The Hall–Kier alpha value is -2.49. The molecule has 1 heterocycles. The molecule has 0 radical (unpaired) electrons. The summed E-state index contributed by atoms with van der Waals surface area (Å²) in [6.45, 7) is 9.71. The minimum absolute atomic E-state index is 0.217. The standard InChI is InChI=1S/C35H52O3/c1-4-7-9-11-12-13-14-15-16-17-18-19-20-22-27-31-35(36)37-32(6-3)28-24-23-26-30-34-33(38-34)29-25-21-10-8-5-2/h5-6,12-13,15-16,32-34H,2-4,7-11,14,17-22,25,27,29-31H2,1H3/t32-,33+,34-/m0/s1. The van der Waals surface area contributed by atoms with E-state index in [2.05, 4.69) is 68.1 Å². The molecule has 0 aromatic rings. The molecule has 0 saturated carbocycles. The van der Waals surface area contributed by atoms with E-state index in [1.807, 2.05) is 6.08 Å². The van der Waals surface area contributed by atoms with Crippen molar-refractivity contribution in [3.05, 3.63) is 49.6 Å². The topological polar surface area (TPSA) is 38.8 Å². The van der Waals surface area contributed by atoms with Gasteiger partial charge in [0.2, 0.25) is 0 Å². The number of ether oxygens (including phenoxy) is 2. The van der Waals surface area contributed by atoms with Gasteiger partial charge in [0.15, 0.2) is 6.10 Å². The molecule has 0 aromatic carbocycles. The highest BCUT2D eigenvalue weighted by atomic mass is 16.6. The smallest absolute Gasteiger partial charge is 0.307 e. The van der Waals surface area contributed by atoms with Crippen molar-refractivity contribution in [3.63, 3.8) is 0 Å². The lowest BCUT2D eigenvalue weighted by Crippen LogP contribution is -2.13. The lowest BCUT2D eigenvalue weighted by Gasteiger charge is -2.07. The van der Waals surface area contributed by atoms with Crippen LogP contribution in [0.15, 0.2) is 49.6 Å². The molecule has 210 valence electrons. The first kappa shape index (κ1) is 33.5. The molecule has 0 unspecified atom stereocenters. The lowest BCUT2D eigenvalue weighted by atomic mass is 10.1. The van der Waals surface area contributed by atoms with Crippen molar-refractivity contribution >= 4 is 5.97 Å². The molecule has 1 fully saturated rings. The number of esters is 1. The van der Waals surface area contributed by atoms with Crippen LogP contribution in [0.1, 0.15) is 122 Å². The highest BCUT2D eigenvalue weighted by molar-refractivity contribution is 5.70. The van der Waals surface area contributed by atoms with Crippen molar-refractivity contribution in [3.8, 4) is 23.7 Å². The Morgan fingerprint density at radius 2 is 1.53 bits per heavy atom. The van der Waals surface area contributed by atoms with Crippen molar-refractivity contribution in [2.45, 2.75) is 141 Å². The molecule has 0 aromatic heterocycles. The van der Waals surface area contributed by atoms with Gasteiger partial charge in [-0.1, -0.05) is 94.7 Å². The fraction of sp³-hybridized carbons (Fsp3) is 0.629. The van der Waals surface area contributed by atoms with Gasteiger partial charge in [-0.25, -0.2) is 0 Å². The van der Waals surface area contributed by atoms with Gasteiger partial charge < -0.3 is 9.47 Å². The SMILES string of the molecule is C=CCCCCC[C@H]1O[C@H]1CC#CC#C[C@H](C=C)OC(=O)CCCCCCCC=CCC=CCCCCC. The molecular weight excluding hydrogens is 468 g/mol. The van der Waals surface area contributed by atoms with Gasteiger partial charge in [0.05, 0.1) is 12.2 Å². The normalized spacial score (nSPS) is 16.9. The van der Waals surface area contributed by atoms with Crippen LogP contribution in [0.3, 0.4) is 0 Å². The van der Waals surface area contributed by atoms with E-state index in [0.717, 1.165) is 44.9 Å². The number of rotatable bonds is 23. The summed E-state index contributed by atoms with van der Waals surface area (Å²) in [4.78, 5) is 12.1. The number of epoxide rings is 1. The Labute approximate surface area is 234 Å². The van der Waals surface area contributed by atoms with E-state index in [1.54, 1.807) is 6.08 Å². The quantitative estimate of drug-likeness (QED) is 0.0443. The van der Waals surface area contributed by atoms with Crippen LogP contribution >= 0.6 is 0 Å². The summed E-state index contributed by atoms with van der Waals surface area (Å²) < 4.78 is 11.1. The van der Waals surface area contributed by atoms with Crippen LogP contribution in [0.2, 0.25) is 0 Å². The molecule has 1 saturated heterocycles. The Morgan fingerprint density at radius 1 is 0.842 bits per heavy atom. The van der Waals surface area contributed by atoms with Crippen LogP contribution in [0.4, 0.5) is 0 Å². The van der Waals surface area contributed by atoms with Crippen LogP contribution in [-0.2, 0) is 14.3 Å². The maximum atomic E-state index is 12.1. The van der Waals surface area contributed by atoms with E-state index in [-0.39, 0.29) is 12.1 Å². The number of hydrogen-bond acceptors (Lipinski definition) is 3. The molecule has 3 nitrogen and oxygen atoms in total. The highest BCUT2D eigenvalue weighted by Crippen LogP contribution is 2.29. The number of unbranched alkanes of at least 4 members (excludes halogenated alkanes) is 11. The first-order valence-corrected chi connectivity index (χ1v) is 15.1. The van der Waals surface area contributed by atoms with Crippen LogP contribution in [0, 0.1) is 23.7 Å². The average molecular weight is 521 g/mol. The lowest BCUT2D eigenvalue weighted by molar-refractivity contribution is -0.144. The van der Waals surface area contributed by atoms with Crippen molar-refractivity contribution in [2.24, 2.45) is 0 Å². The molecule has 0 N–H and O–H groups in total. The van der Waals surface area contributed by atoms with E-state index in [9.17, 15) is 4.79 Å². The largest absolute Gasteiger partial charge is 0.445 e. The fourth-order valence-corrected chi connectivity index (χ4v) is 4.14. The predicted octanol–water partition coefficient (Wildman–Crippen LogP) is 9.20. The third kappa shape index (κ3) is 20.6. The minimum Gasteiger partial charge on any atom is -0.445 e. The maximum absolute atomic E-state index is 12.1. The second-order valence-corrected chi connectivity index (χ2v) is 10.0. The van der Waals surface area contributed by atoms with Gasteiger partial charge in [0, 0.05) is 12.8 Å². The Morgan fingerprint density at radius 3 is 2.26 bits per heavy atom. The van der Waals surface area contributed by atoms with Crippen LogP contribution in [0.5, 0.6) is 0 Å². The van der Waals surface area contributed by atoms with E-state index < -0.39 is 6.10 Å². The van der Waals surface area contributed by atoms with Crippen molar-refractivity contribution in [1.29, 1.82) is 0 Å². The van der Waals surface area contributed by atoms with Gasteiger partial charge >= 0.3 is 5.97 Å². The van der Waals surface area contributed by atoms with Gasteiger partial charge in [0.1, 0.15) is 0 Å². The van der Waals surface area contributed by atoms with Gasteiger partial charge in [-0.2, -0.15) is 0 Å². The fourth-order valence-electron chi connectivity index (χ4n) is 4.14. The molecule has 1 aliphatic rings. The molecular formula is C35H52O3. The zero-order valence-electron chi connectivity index (χ0n) is 24.1. The number of carbonyl (C=O) groups is 1. The van der Waals surface area contributed by atoms with E-state index in [1.165, 1.54) is 57.8 Å². The molecule has 38 heavy (non-hydrogen) atoms. The summed E-state index contributed by atoms with van der Waals surface area (Å²) in [5.41, 5.74) is 0. The van der Waals surface area contributed by atoms with Crippen LogP contribution < -0.4 is 0 Å². The first-order valence-electron chi connectivity index (χ1n) is 15.1. The second-order valence-electron chi connectivity index (χ2n) is 10.0. The number of carbonyl (C=O) groups excluding carboxylic acids is 1. The summed E-state index contributed by atoms with van der Waals surface area (Å²) in [5, 5.41) is 0. The molecule has 1 aliphatic heterocycles. The minimum atomic E-state index is -0.602. The van der Waals surface area contributed by atoms with E-state index in [4.69, 9.17) is 9.47 Å². The zero-order chi connectivity index (χ0) is 27.5. The van der Waals surface area contributed by atoms with E-state index in [0.29, 0.717) is 18.9 Å². The third-order valence-electron chi connectivity index (χ3n) is 6.56.